The average Bonchev–Trinajstić information content (AvgIpc) is 2.79. The first kappa shape index (κ1) is 26.7. The van der Waals surface area contributed by atoms with Crippen LogP contribution in [0.1, 0.15) is 20.8 Å². The molecule has 2 amide bonds. The van der Waals surface area contributed by atoms with Gasteiger partial charge in [0.05, 0.1) is 0 Å². The molecule has 0 spiro atoms. The second-order valence-electron chi connectivity index (χ2n) is 7.43. The van der Waals surface area contributed by atoms with E-state index in [1.807, 2.05) is 0 Å². The van der Waals surface area contributed by atoms with Gasteiger partial charge >= 0.3 is 29.7 Å². The maximum Gasteiger partial charge on any atom is 0.316 e. The van der Waals surface area contributed by atoms with Crippen LogP contribution in [0.25, 0.3) is 0 Å². The minimum atomic E-state index is -1.32. The van der Waals surface area contributed by atoms with Gasteiger partial charge < -0.3 is 33.9 Å². The van der Waals surface area contributed by atoms with Crippen LogP contribution >= 0.6 is 0 Å². The molecule has 1 heterocycles. The SMILES string of the molecule is CO[C@H]1O[C@H](COC(C)=O)[C@@H](OC(C)=O)[C@H](OC(C)=O)[C@H]1NC(=O)C(=O)N(C)c1ccccc1. The Morgan fingerprint density at radius 1 is 0.941 bits per heavy atom. The highest BCUT2D eigenvalue weighted by Gasteiger charge is 2.51. The normalized spacial score (nSPS) is 23.9. The molecule has 5 atom stereocenters. The first-order valence-electron chi connectivity index (χ1n) is 10.3. The Hall–Kier alpha value is -3.51. The number of rotatable bonds is 7. The zero-order chi connectivity index (χ0) is 25.4. The van der Waals surface area contributed by atoms with E-state index in [0.29, 0.717) is 5.69 Å². The summed E-state index contributed by atoms with van der Waals surface area (Å²) in [4.78, 5) is 61.6. The van der Waals surface area contributed by atoms with E-state index in [1.54, 1.807) is 30.3 Å². The molecule has 0 saturated carbocycles. The molecular weight excluding hydrogens is 452 g/mol. The number of benzene rings is 1. The molecule has 0 unspecified atom stereocenters. The minimum Gasteiger partial charge on any atom is -0.463 e. The predicted octanol–water partition coefficient (Wildman–Crippen LogP) is -0.0680. The van der Waals surface area contributed by atoms with E-state index in [9.17, 15) is 24.0 Å². The van der Waals surface area contributed by atoms with Crippen molar-refractivity contribution in [2.24, 2.45) is 0 Å². The highest BCUT2D eigenvalue weighted by atomic mass is 16.7. The number of esters is 3. The lowest BCUT2D eigenvalue weighted by Crippen LogP contribution is -2.67. The zero-order valence-electron chi connectivity index (χ0n) is 19.5. The van der Waals surface area contributed by atoms with Gasteiger partial charge in [0.1, 0.15) is 18.8 Å². The quantitative estimate of drug-likeness (QED) is 0.320. The van der Waals surface area contributed by atoms with Gasteiger partial charge in [-0.25, -0.2) is 0 Å². The van der Waals surface area contributed by atoms with E-state index in [2.05, 4.69) is 5.32 Å². The largest absolute Gasteiger partial charge is 0.463 e. The lowest BCUT2D eigenvalue weighted by molar-refractivity contribution is -0.271. The van der Waals surface area contributed by atoms with E-state index in [1.165, 1.54) is 21.1 Å². The summed E-state index contributed by atoms with van der Waals surface area (Å²) in [7, 11) is 2.68. The van der Waals surface area contributed by atoms with Gasteiger partial charge in [0.25, 0.3) is 0 Å². The van der Waals surface area contributed by atoms with Crippen LogP contribution in [0.4, 0.5) is 5.69 Å². The number of hydrogen-bond acceptors (Lipinski definition) is 10. The summed E-state index contributed by atoms with van der Waals surface area (Å²) in [5.74, 6) is -4.06. The molecule has 1 aromatic carbocycles. The Balaban J connectivity index is 2.33. The highest BCUT2D eigenvalue weighted by Crippen LogP contribution is 2.27. The Labute approximate surface area is 196 Å². The summed E-state index contributed by atoms with van der Waals surface area (Å²) in [5.41, 5.74) is 0.474. The molecule has 1 aromatic rings. The van der Waals surface area contributed by atoms with Crippen LogP contribution in [0.2, 0.25) is 0 Å². The zero-order valence-corrected chi connectivity index (χ0v) is 19.5. The number of ether oxygens (including phenoxy) is 5. The molecule has 1 aliphatic heterocycles. The monoisotopic (exact) mass is 480 g/mol. The van der Waals surface area contributed by atoms with Crippen molar-refractivity contribution in [3.05, 3.63) is 30.3 Å². The van der Waals surface area contributed by atoms with Crippen LogP contribution in [0, 0.1) is 0 Å². The molecule has 0 bridgehead atoms. The molecule has 1 saturated heterocycles. The maximum atomic E-state index is 12.8. The standard InChI is InChI=1S/C22H28N2O10/c1-12(25)31-11-16-18(32-13(2)26)19(33-14(3)27)17(22(30-5)34-16)23-20(28)21(29)24(4)15-9-7-6-8-10-15/h6-10,16-19,22H,11H2,1-5H3,(H,23,28)/t16-,17-,18-,19-,22+/m1/s1. The Bertz CT molecular complexity index is 906. The predicted molar refractivity (Wildman–Crippen MR) is 115 cm³/mol. The molecular formula is C22H28N2O10. The maximum absolute atomic E-state index is 12.8. The molecule has 1 N–H and O–H groups in total. The van der Waals surface area contributed by atoms with Crippen molar-refractivity contribution in [2.45, 2.75) is 51.4 Å². The molecule has 12 heteroatoms. The van der Waals surface area contributed by atoms with Crippen molar-refractivity contribution in [3.8, 4) is 0 Å². The van der Waals surface area contributed by atoms with Crippen LogP contribution in [-0.4, -0.2) is 81.1 Å². The highest BCUT2D eigenvalue weighted by molar-refractivity contribution is 6.40. The van der Waals surface area contributed by atoms with E-state index in [0.717, 1.165) is 18.7 Å². The van der Waals surface area contributed by atoms with Gasteiger partial charge in [-0.15, -0.1) is 0 Å². The number of hydrogen-bond donors (Lipinski definition) is 1. The fourth-order valence-corrected chi connectivity index (χ4v) is 3.39. The van der Waals surface area contributed by atoms with E-state index in [4.69, 9.17) is 23.7 Å². The van der Waals surface area contributed by atoms with Crippen molar-refractivity contribution in [2.75, 3.05) is 25.7 Å². The summed E-state index contributed by atoms with van der Waals surface area (Å²) < 4.78 is 26.7. The van der Waals surface area contributed by atoms with E-state index < -0.39 is 60.4 Å². The topological polar surface area (TPSA) is 147 Å². The second-order valence-corrected chi connectivity index (χ2v) is 7.43. The molecule has 1 aliphatic rings. The first-order valence-corrected chi connectivity index (χ1v) is 10.3. The second kappa shape index (κ2) is 12.1. The molecule has 34 heavy (non-hydrogen) atoms. The van der Waals surface area contributed by atoms with Crippen LogP contribution < -0.4 is 10.2 Å². The number of methoxy groups -OCH3 is 1. The molecule has 0 radical (unpaired) electrons. The van der Waals surface area contributed by atoms with Gasteiger partial charge in [-0.3, -0.25) is 24.0 Å². The van der Waals surface area contributed by atoms with Gasteiger partial charge in [0, 0.05) is 40.6 Å². The summed E-state index contributed by atoms with van der Waals surface area (Å²) in [6.07, 6.45) is -4.92. The fourth-order valence-electron chi connectivity index (χ4n) is 3.39. The van der Waals surface area contributed by atoms with Gasteiger partial charge in [0.2, 0.25) is 0 Å². The number of likely N-dealkylation sites (N-methyl/N-ethyl adjacent to an activating group) is 1. The fraction of sp³-hybridized carbons (Fsp3) is 0.500. The smallest absolute Gasteiger partial charge is 0.316 e. The molecule has 1 fully saturated rings. The van der Waals surface area contributed by atoms with Crippen LogP contribution in [0.5, 0.6) is 0 Å². The van der Waals surface area contributed by atoms with Crippen molar-refractivity contribution >= 4 is 35.4 Å². The molecule has 186 valence electrons. The lowest BCUT2D eigenvalue weighted by Gasteiger charge is -2.44. The Morgan fingerprint density at radius 3 is 2.06 bits per heavy atom. The Morgan fingerprint density at radius 2 is 1.53 bits per heavy atom. The molecule has 12 nitrogen and oxygen atoms in total. The molecule has 0 aliphatic carbocycles. The number of anilines is 1. The minimum absolute atomic E-state index is 0.346. The van der Waals surface area contributed by atoms with E-state index >= 15 is 0 Å². The average molecular weight is 480 g/mol. The van der Waals surface area contributed by atoms with Crippen molar-refractivity contribution in [3.63, 3.8) is 0 Å². The van der Waals surface area contributed by atoms with Crippen molar-refractivity contribution < 1.29 is 47.7 Å². The number of carbonyl (C=O) groups is 5. The van der Waals surface area contributed by atoms with Gasteiger partial charge in [-0.2, -0.15) is 0 Å². The number of nitrogens with zero attached hydrogens (tertiary/aromatic N) is 1. The van der Waals surface area contributed by atoms with Crippen LogP contribution in [0.15, 0.2) is 30.3 Å². The summed E-state index contributed by atoms with van der Waals surface area (Å²) in [6, 6.07) is 7.21. The van der Waals surface area contributed by atoms with Gasteiger partial charge in [-0.1, -0.05) is 18.2 Å². The third-order valence-corrected chi connectivity index (χ3v) is 4.87. The number of nitrogens with one attached hydrogen (secondary N) is 1. The van der Waals surface area contributed by atoms with Crippen molar-refractivity contribution in [1.29, 1.82) is 0 Å². The third-order valence-electron chi connectivity index (χ3n) is 4.87. The van der Waals surface area contributed by atoms with Gasteiger partial charge in [-0.05, 0) is 12.1 Å². The van der Waals surface area contributed by atoms with Crippen LogP contribution in [-0.2, 0) is 47.7 Å². The number of carbonyl (C=O) groups excluding carboxylic acids is 5. The van der Waals surface area contributed by atoms with Gasteiger partial charge in [0.15, 0.2) is 18.5 Å². The van der Waals surface area contributed by atoms with E-state index in [-0.39, 0.29) is 6.61 Å². The number of para-hydroxylation sites is 1. The Kier molecular flexibility index (Phi) is 9.51. The third kappa shape index (κ3) is 6.99. The molecule has 0 aromatic heterocycles. The molecule has 2 rings (SSSR count). The van der Waals surface area contributed by atoms with Crippen LogP contribution in [0.3, 0.4) is 0 Å². The summed E-state index contributed by atoms with van der Waals surface area (Å²) in [5, 5.41) is 2.46. The summed E-state index contributed by atoms with van der Waals surface area (Å²) >= 11 is 0. The first-order chi connectivity index (χ1) is 16.0. The summed E-state index contributed by atoms with van der Waals surface area (Å²) in [6.45, 7) is 3.08. The van der Waals surface area contributed by atoms with Crippen molar-refractivity contribution in [1.82, 2.24) is 5.32 Å². The lowest BCUT2D eigenvalue weighted by atomic mass is 9.96. The number of amides is 2.